The van der Waals surface area contributed by atoms with Crippen LogP contribution in [0.25, 0.3) is 22.5 Å². The minimum Gasteiger partial charge on any atom is -0.493 e. The number of carbonyl (C=O) groups is 2. The first-order chi connectivity index (χ1) is 19.9. The number of likely N-dealkylation sites (tertiary alicyclic amines) is 1. The molecular formula is C34H34FN3O3. The fourth-order valence-electron chi connectivity index (χ4n) is 6.18. The monoisotopic (exact) mass is 551 g/mol. The zero-order valence-corrected chi connectivity index (χ0v) is 23.2. The van der Waals surface area contributed by atoms with Crippen LogP contribution < -0.4 is 4.74 Å². The standard InChI is InChI=1S/C34H34FN3O3/c1-22-18-28-19-27(23-2-4-25(5-3-23)34-36-14-15-37-34)8-11-32(28)41-17-13-26(22)20-33(40)38-16-12-30(39)21-31(38)24-6-9-29(35)10-7-24/h2-11,14-15,19,22,26,31H,12-13,16-18,20-21H2,1H3,(H,36,37). The Bertz CT molecular complexity index is 1520. The Kier molecular flexibility index (Phi) is 7.68. The Morgan fingerprint density at radius 3 is 2.54 bits per heavy atom. The highest BCUT2D eigenvalue weighted by molar-refractivity contribution is 5.84. The number of piperidine rings is 1. The van der Waals surface area contributed by atoms with Gasteiger partial charge in [-0.25, -0.2) is 9.37 Å². The minimum atomic E-state index is -0.341. The van der Waals surface area contributed by atoms with Crippen LogP contribution >= 0.6 is 0 Å². The van der Waals surface area contributed by atoms with Gasteiger partial charge in [0.25, 0.3) is 0 Å². The third-order valence-electron chi connectivity index (χ3n) is 8.58. The van der Waals surface area contributed by atoms with Gasteiger partial charge in [0.1, 0.15) is 23.2 Å². The van der Waals surface area contributed by atoms with Crippen molar-refractivity contribution >= 4 is 11.7 Å². The van der Waals surface area contributed by atoms with Crippen molar-refractivity contribution in [3.05, 3.63) is 96.1 Å². The van der Waals surface area contributed by atoms with Crippen molar-refractivity contribution in [2.24, 2.45) is 11.8 Å². The van der Waals surface area contributed by atoms with Crippen molar-refractivity contribution in [1.82, 2.24) is 14.9 Å². The maximum Gasteiger partial charge on any atom is 0.223 e. The molecule has 210 valence electrons. The normalized spacial score (nSPS) is 21.0. The number of halogens is 1. The summed E-state index contributed by atoms with van der Waals surface area (Å²) in [5, 5.41) is 0. The summed E-state index contributed by atoms with van der Waals surface area (Å²) in [5.41, 5.74) is 5.24. The number of fused-ring (bicyclic) bond motifs is 1. The lowest BCUT2D eigenvalue weighted by Gasteiger charge is -2.37. The molecule has 0 radical (unpaired) electrons. The molecule has 1 aromatic heterocycles. The Labute approximate surface area is 239 Å². The highest BCUT2D eigenvalue weighted by Crippen LogP contribution is 2.36. The van der Waals surface area contributed by atoms with Crippen LogP contribution in [0.4, 0.5) is 4.39 Å². The zero-order valence-electron chi connectivity index (χ0n) is 23.2. The van der Waals surface area contributed by atoms with Crippen molar-refractivity contribution in [1.29, 1.82) is 0 Å². The van der Waals surface area contributed by atoms with E-state index in [1.165, 1.54) is 12.1 Å². The fourth-order valence-corrected chi connectivity index (χ4v) is 6.18. The Hall–Kier alpha value is -4.26. The number of amides is 1. The van der Waals surface area contributed by atoms with Crippen molar-refractivity contribution in [2.45, 2.75) is 45.1 Å². The molecular weight excluding hydrogens is 517 g/mol. The molecule has 0 saturated carbocycles. The molecule has 2 aliphatic rings. The summed E-state index contributed by atoms with van der Waals surface area (Å²) in [6.07, 6.45) is 6.21. The maximum absolute atomic E-state index is 13.7. The van der Waals surface area contributed by atoms with Gasteiger partial charge in [-0.3, -0.25) is 9.59 Å². The van der Waals surface area contributed by atoms with Crippen LogP contribution in [0.1, 0.15) is 49.8 Å². The van der Waals surface area contributed by atoms with E-state index in [-0.39, 0.29) is 41.8 Å². The summed E-state index contributed by atoms with van der Waals surface area (Å²) < 4.78 is 19.7. The summed E-state index contributed by atoms with van der Waals surface area (Å²) in [5.74, 6) is 2.04. The Morgan fingerprint density at radius 2 is 1.78 bits per heavy atom. The molecule has 1 saturated heterocycles. The van der Waals surface area contributed by atoms with Crippen LogP contribution in [-0.4, -0.2) is 39.7 Å². The predicted octanol–water partition coefficient (Wildman–Crippen LogP) is 6.78. The molecule has 1 fully saturated rings. The van der Waals surface area contributed by atoms with Crippen LogP contribution in [0.15, 0.2) is 79.1 Å². The summed E-state index contributed by atoms with van der Waals surface area (Å²) in [6, 6.07) is 20.5. The molecule has 41 heavy (non-hydrogen) atoms. The van der Waals surface area contributed by atoms with Gasteiger partial charge in [0.15, 0.2) is 0 Å². The fraction of sp³-hybridized carbons (Fsp3) is 0.324. The first-order valence-electron chi connectivity index (χ1n) is 14.4. The van der Waals surface area contributed by atoms with Crippen LogP contribution in [0.3, 0.4) is 0 Å². The second-order valence-electron chi connectivity index (χ2n) is 11.3. The third-order valence-corrected chi connectivity index (χ3v) is 8.58. The number of nitrogens with one attached hydrogen (secondary N) is 1. The number of hydrogen-bond acceptors (Lipinski definition) is 4. The lowest BCUT2D eigenvalue weighted by molar-refractivity contribution is -0.139. The number of benzene rings is 3. The molecule has 0 aliphatic carbocycles. The number of H-pyrrole nitrogens is 1. The molecule has 4 aromatic rings. The molecule has 6 rings (SSSR count). The molecule has 6 nitrogen and oxygen atoms in total. The predicted molar refractivity (Wildman–Crippen MR) is 156 cm³/mol. The van der Waals surface area contributed by atoms with E-state index < -0.39 is 0 Å². The summed E-state index contributed by atoms with van der Waals surface area (Å²) in [6.45, 7) is 3.17. The van der Waals surface area contributed by atoms with Gasteiger partial charge in [0.05, 0.1) is 12.6 Å². The number of aromatic amines is 1. The van der Waals surface area contributed by atoms with Gasteiger partial charge in [-0.05, 0) is 71.2 Å². The van der Waals surface area contributed by atoms with Crippen molar-refractivity contribution in [3.8, 4) is 28.3 Å². The van der Waals surface area contributed by atoms with Crippen molar-refractivity contribution in [3.63, 3.8) is 0 Å². The molecule has 7 heteroatoms. The number of ketones is 1. The van der Waals surface area contributed by atoms with Gasteiger partial charge in [0, 0.05) is 43.8 Å². The summed E-state index contributed by atoms with van der Waals surface area (Å²) >= 11 is 0. The summed E-state index contributed by atoms with van der Waals surface area (Å²) in [4.78, 5) is 35.3. The average molecular weight is 552 g/mol. The van der Waals surface area contributed by atoms with Crippen molar-refractivity contribution < 1.29 is 18.7 Å². The Morgan fingerprint density at radius 1 is 1.02 bits per heavy atom. The van der Waals surface area contributed by atoms with Gasteiger partial charge < -0.3 is 14.6 Å². The first kappa shape index (κ1) is 26.9. The van der Waals surface area contributed by atoms with E-state index >= 15 is 0 Å². The number of carbonyl (C=O) groups excluding carboxylic acids is 2. The molecule has 2 aliphatic heterocycles. The number of nitrogens with zero attached hydrogens (tertiary/aromatic N) is 2. The highest BCUT2D eigenvalue weighted by atomic mass is 19.1. The van der Waals surface area contributed by atoms with E-state index in [0.29, 0.717) is 26.0 Å². The lowest BCUT2D eigenvalue weighted by Crippen LogP contribution is -2.42. The van der Waals surface area contributed by atoms with Gasteiger partial charge in [0.2, 0.25) is 5.91 Å². The largest absolute Gasteiger partial charge is 0.493 e. The number of imidazole rings is 1. The second kappa shape index (κ2) is 11.7. The number of rotatable bonds is 5. The molecule has 3 aromatic carbocycles. The minimum absolute atomic E-state index is 0.0508. The van der Waals surface area contributed by atoms with E-state index in [4.69, 9.17) is 4.74 Å². The van der Waals surface area contributed by atoms with E-state index in [1.54, 1.807) is 18.3 Å². The number of hydrogen-bond donors (Lipinski definition) is 1. The van der Waals surface area contributed by atoms with E-state index in [0.717, 1.165) is 52.2 Å². The SMILES string of the molecule is CC1Cc2cc(-c3ccc(-c4ncc[nH]4)cc3)ccc2OCCC1CC(=O)N1CCC(=O)CC1c1ccc(F)cc1. The lowest BCUT2D eigenvalue weighted by atomic mass is 9.82. The quantitative estimate of drug-likeness (QED) is 0.297. The van der Waals surface area contributed by atoms with Gasteiger partial charge in [-0.15, -0.1) is 0 Å². The molecule has 1 amide bonds. The van der Waals surface area contributed by atoms with Crippen LogP contribution in [0.5, 0.6) is 5.75 Å². The molecule has 3 unspecified atom stereocenters. The Balaban J connectivity index is 1.17. The number of aromatic nitrogens is 2. The molecule has 1 N–H and O–H groups in total. The van der Waals surface area contributed by atoms with Gasteiger partial charge in [-0.2, -0.15) is 0 Å². The molecule has 0 spiro atoms. The number of ether oxygens (including phenoxy) is 1. The van der Waals surface area contributed by atoms with E-state index in [1.807, 2.05) is 11.1 Å². The summed E-state index contributed by atoms with van der Waals surface area (Å²) in [7, 11) is 0. The van der Waals surface area contributed by atoms with Crippen LogP contribution in [0.2, 0.25) is 0 Å². The van der Waals surface area contributed by atoms with E-state index in [9.17, 15) is 14.0 Å². The zero-order chi connectivity index (χ0) is 28.3. The van der Waals surface area contributed by atoms with Crippen LogP contribution in [0, 0.1) is 17.7 Å². The highest BCUT2D eigenvalue weighted by Gasteiger charge is 2.34. The van der Waals surface area contributed by atoms with Gasteiger partial charge >= 0.3 is 0 Å². The molecule has 0 bridgehead atoms. The number of Topliss-reactive ketones (excluding diaryl/α,β-unsaturated/α-hetero) is 1. The smallest absolute Gasteiger partial charge is 0.223 e. The maximum atomic E-state index is 13.7. The van der Waals surface area contributed by atoms with Crippen molar-refractivity contribution in [2.75, 3.05) is 13.2 Å². The average Bonchev–Trinajstić information content (AvgIpc) is 3.52. The second-order valence-corrected chi connectivity index (χ2v) is 11.3. The topological polar surface area (TPSA) is 75.3 Å². The van der Waals surface area contributed by atoms with E-state index in [2.05, 4.69) is 59.4 Å². The third kappa shape index (κ3) is 5.94. The first-order valence-corrected chi connectivity index (χ1v) is 14.4. The van der Waals surface area contributed by atoms with Crippen LogP contribution in [-0.2, 0) is 16.0 Å². The molecule has 3 atom stereocenters. The molecule has 3 heterocycles. The van der Waals surface area contributed by atoms with Gasteiger partial charge in [-0.1, -0.05) is 49.4 Å².